The van der Waals surface area contributed by atoms with E-state index in [2.05, 4.69) is 28.7 Å². The van der Waals surface area contributed by atoms with Crippen LogP contribution in [0.5, 0.6) is 5.75 Å². The lowest BCUT2D eigenvalue weighted by molar-refractivity contribution is -0.132. The molecule has 42 heavy (non-hydrogen) atoms. The van der Waals surface area contributed by atoms with Crippen molar-refractivity contribution in [3.63, 3.8) is 0 Å². The van der Waals surface area contributed by atoms with Crippen molar-refractivity contribution in [3.05, 3.63) is 58.1 Å². The average Bonchev–Trinajstić information content (AvgIpc) is 3.08. The summed E-state index contributed by atoms with van der Waals surface area (Å²) in [5.74, 6) is 0.0856. The predicted molar refractivity (Wildman–Crippen MR) is 165 cm³/mol. The van der Waals surface area contributed by atoms with Crippen molar-refractivity contribution in [1.29, 1.82) is 0 Å². The highest BCUT2D eigenvalue weighted by atomic mass is 35.5. The molecule has 2 heterocycles. The Hall–Kier alpha value is -2.58. The van der Waals surface area contributed by atoms with Crippen molar-refractivity contribution < 1.29 is 22.7 Å². The molecule has 6 rings (SSSR count). The lowest BCUT2D eigenvalue weighted by Crippen LogP contribution is -2.53. The first-order valence-electron chi connectivity index (χ1n) is 15.3. The van der Waals surface area contributed by atoms with Crippen LogP contribution in [0, 0.1) is 17.3 Å². The van der Waals surface area contributed by atoms with E-state index < -0.39 is 21.2 Å². The normalized spacial score (nSPS) is 33.0. The van der Waals surface area contributed by atoms with Gasteiger partial charge in [-0.1, -0.05) is 31.5 Å². The zero-order chi connectivity index (χ0) is 29.9. The molecule has 1 saturated carbocycles. The number of anilines is 1. The summed E-state index contributed by atoms with van der Waals surface area (Å²) in [5, 5.41) is -0.0369. The Labute approximate surface area is 254 Å². The largest absolute Gasteiger partial charge is 0.490 e. The summed E-state index contributed by atoms with van der Waals surface area (Å²) in [5.41, 5.74) is 3.05. The van der Waals surface area contributed by atoms with E-state index in [4.69, 9.17) is 16.3 Å². The minimum Gasteiger partial charge on any atom is -0.490 e. The van der Waals surface area contributed by atoms with Crippen LogP contribution in [0.15, 0.2) is 36.4 Å². The first-order valence-corrected chi connectivity index (χ1v) is 17.2. The number of carbonyl (C=O) groups excluding carboxylic acids is 2. The molecule has 4 aliphatic rings. The van der Waals surface area contributed by atoms with Crippen molar-refractivity contribution in [3.8, 4) is 5.75 Å². The van der Waals surface area contributed by atoms with E-state index in [-0.39, 0.29) is 34.0 Å². The molecule has 2 aromatic rings. The van der Waals surface area contributed by atoms with Gasteiger partial charge in [0.2, 0.25) is 10.0 Å². The number of nitrogens with zero attached hydrogens (tertiary/aromatic N) is 1. The first kappa shape index (κ1) is 29.5. The molecule has 1 amide bonds. The summed E-state index contributed by atoms with van der Waals surface area (Å²) in [6.45, 7) is 7.54. The van der Waals surface area contributed by atoms with Crippen LogP contribution in [0.4, 0.5) is 5.69 Å². The molecule has 1 N–H and O–H groups in total. The lowest BCUT2D eigenvalue weighted by Gasteiger charge is -2.50. The summed E-state index contributed by atoms with van der Waals surface area (Å²) in [6, 6.07) is 11.3. The molecular weight excluding hydrogens is 572 g/mol. The fourth-order valence-electron chi connectivity index (χ4n) is 7.78. The van der Waals surface area contributed by atoms with Gasteiger partial charge in [-0.3, -0.25) is 9.59 Å². The number of halogens is 1. The van der Waals surface area contributed by atoms with E-state index in [9.17, 15) is 18.0 Å². The summed E-state index contributed by atoms with van der Waals surface area (Å²) < 4.78 is 35.2. The summed E-state index contributed by atoms with van der Waals surface area (Å²) in [6.07, 6.45) is 6.47. The summed E-state index contributed by atoms with van der Waals surface area (Å²) in [7, 11) is -3.91. The van der Waals surface area contributed by atoms with Crippen molar-refractivity contribution in [1.82, 2.24) is 4.72 Å². The number of hydrogen-bond donors (Lipinski definition) is 1. The fraction of sp³-hybridized carbons (Fsp3) is 0.576. The smallest absolute Gasteiger partial charge is 0.264 e. The molecule has 1 fully saturated rings. The molecule has 1 unspecified atom stereocenters. The number of hydrogen-bond acceptors (Lipinski definition) is 6. The number of carbonyl (C=O) groups is 2. The van der Waals surface area contributed by atoms with E-state index in [0.717, 1.165) is 42.8 Å². The zero-order valence-corrected chi connectivity index (χ0v) is 26.3. The maximum absolute atomic E-state index is 13.5. The van der Waals surface area contributed by atoms with Gasteiger partial charge in [0.25, 0.3) is 5.91 Å². The van der Waals surface area contributed by atoms with Gasteiger partial charge in [0.1, 0.15) is 11.5 Å². The van der Waals surface area contributed by atoms with Gasteiger partial charge >= 0.3 is 0 Å². The molecule has 2 aliphatic heterocycles. The van der Waals surface area contributed by atoms with Crippen LogP contribution >= 0.6 is 11.6 Å². The second-order valence-corrected chi connectivity index (χ2v) is 16.0. The van der Waals surface area contributed by atoms with E-state index in [1.807, 2.05) is 13.0 Å². The van der Waals surface area contributed by atoms with Crippen LogP contribution in [-0.2, 0) is 26.7 Å². The molecule has 2 bridgehead atoms. The Morgan fingerprint density at radius 1 is 1.00 bits per heavy atom. The molecular formula is C33H41ClN2O5S. The Morgan fingerprint density at radius 3 is 2.57 bits per heavy atom. The number of nitrogens with one attached hydrogen (secondary N) is 1. The SMILES string of the molecule is C[C@@H]1[C@@H](C)CCCC(=O)[C@@H]2CCC2(C)CN2C[C@@]3(CCCc4cc(Cl)ccc43)COc3ccc(cc32)C(=O)NS1(=O)=O. The molecule has 2 aliphatic carbocycles. The highest BCUT2D eigenvalue weighted by Gasteiger charge is 2.50. The van der Waals surface area contributed by atoms with Gasteiger partial charge in [0.15, 0.2) is 0 Å². The van der Waals surface area contributed by atoms with Gasteiger partial charge in [-0.05, 0) is 105 Å². The average molecular weight is 613 g/mol. The molecule has 9 heteroatoms. The van der Waals surface area contributed by atoms with Crippen LogP contribution < -0.4 is 14.4 Å². The standard InChI is InChI=1S/C33H41ClN2O5S/c1-21-6-4-8-29(37)27-13-15-32(27,3)18-36-19-33(14-5-7-23-16-25(34)10-11-26(23)33)20-41-30-12-9-24(17-28(30)36)31(38)35-42(39,40)22(21)2/h9-12,16-17,21-22,27H,4-8,13-15,18-20H2,1-3H3,(H,35,38)/t21-,22+,27-,32?,33-/m0/s1. The van der Waals surface area contributed by atoms with Gasteiger partial charge in [-0.15, -0.1) is 0 Å². The van der Waals surface area contributed by atoms with Crippen LogP contribution in [0.1, 0.15) is 87.2 Å². The van der Waals surface area contributed by atoms with Crippen LogP contribution in [0.25, 0.3) is 0 Å². The van der Waals surface area contributed by atoms with Crippen molar-refractivity contribution >= 4 is 39.0 Å². The van der Waals surface area contributed by atoms with E-state index in [0.29, 0.717) is 44.7 Å². The topological polar surface area (TPSA) is 92.8 Å². The molecule has 0 saturated heterocycles. The monoisotopic (exact) mass is 612 g/mol. The summed E-state index contributed by atoms with van der Waals surface area (Å²) >= 11 is 6.39. The fourth-order valence-corrected chi connectivity index (χ4v) is 9.29. The third kappa shape index (κ3) is 5.23. The van der Waals surface area contributed by atoms with E-state index >= 15 is 0 Å². The third-order valence-electron chi connectivity index (χ3n) is 10.7. The Morgan fingerprint density at radius 2 is 1.81 bits per heavy atom. The van der Waals surface area contributed by atoms with Gasteiger partial charge in [0.05, 0.1) is 17.5 Å². The van der Waals surface area contributed by atoms with Crippen LogP contribution in [0.3, 0.4) is 0 Å². The van der Waals surface area contributed by atoms with Crippen LogP contribution in [0.2, 0.25) is 5.02 Å². The molecule has 5 atom stereocenters. The van der Waals surface area contributed by atoms with Crippen molar-refractivity contribution in [2.75, 3.05) is 24.6 Å². The molecule has 0 radical (unpaired) electrons. The number of aryl methyl sites for hydroxylation is 1. The van der Waals surface area contributed by atoms with Crippen molar-refractivity contribution in [2.45, 2.75) is 82.8 Å². The Kier molecular flexibility index (Phi) is 7.62. The lowest BCUT2D eigenvalue weighted by atomic mass is 9.58. The highest BCUT2D eigenvalue weighted by molar-refractivity contribution is 7.90. The Balaban J connectivity index is 1.44. The predicted octanol–water partition coefficient (Wildman–Crippen LogP) is 6.07. The number of Topliss-reactive ketones (excluding diaryl/α,β-unsaturated/α-hetero) is 1. The number of rotatable bonds is 0. The van der Waals surface area contributed by atoms with Gasteiger partial charge in [-0.25, -0.2) is 13.1 Å². The number of fused-ring (bicyclic) bond motifs is 4. The maximum atomic E-state index is 13.5. The minimum atomic E-state index is -3.91. The summed E-state index contributed by atoms with van der Waals surface area (Å²) in [4.78, 5) is 29.2. The number of sulfonamides is 1. The van der Waals surface area contributed by atoms with E-state index in [1.165, 1.54) is 11.1 Å². The van der Waals surface area contributed by atoms with E-state index in [1.54, 1.807) is 25.1 Å². The first-order chi connectivity index (χ1) is 19.9. The number of amides is 1. The molecule has 1 spiro atoms. The quantitative estimate of drug-likeness (QED) is 0.388. The second kappa shape index (κ2) is 10.8. The molecule has 7 nitrogen and oxygen atoms in total. The highest BCUT2D eigenvalue weighted by Crippen LogP contribution is 2.51. The number of benzene rings is 2. The molecule has 226 valence electrons. The van der Waals surface area contributed by atoms with Gasteiger partial charge < -0.3 is 9.64 Å². The number of ether oxygens (including phenoxy) is 1. The zero-order valence-electron chi connectivity index (χ0n) is 24.7. The van der Waals surface area contributed by atoms with Gasteiger partial charge in [0, 0.05) is 41.4 Å². The van der Waals surface area contributed by atoms with Crippen LogP contribution in [-0.4, -0.2) is 45.1 Å². The molecule has 2 aromatic carbocycles. The second-order valence-electron chi connectivity index (χ2n) is 13.5. The maximum Gasteiger partial charge on any atom is 0.264 e. The van der Waals surface area contributed by atoms with Gasteiger partial charge in [-0.2, -0.15) is 0 Å². The third-order valence-corrected chi connectivity index (χ3v) is 12.8. The Bertz CT molecular complexity index is 1530. The minimum absolute atomic E-state index is 0.0330. The number of ketones is 1. The van der Waals surface area contributed by atoms with Crippen molar-refractivity contribution in [2.24, 2.45) is 17.3 Å². The molecule has 0 aromatic heterocycles.